The maximum Gasteiger partial charge on any atom is 0.258 e. The number of halogens is 2. The van der Waals surface area contributed by atoms with Crippen LogP contribution in [0.5, 0.6) is 5.75 Å². The number of para-hydroxylation sites is 1. The zero-order valence-corrected chi connectivity index (χ0v) is 15.4. The second kappa shape index (κ2) is 8.39. The molecule has 2 aromatic carbocycles. The lowest BCUT2D eigenvalue weighted by Gasteiger charge is -2.18. The smallest absolute Gasteiger partial charge is 0.258 e. The Labute approximate surface area is 160 Å². The number of nitrogens with one attached hydrogen (secondary N) is 1. The first-order valence-corrected chi connectivity index (χ1v) is 9.23. The first-order valence-electron chi connectivity index (χ1n) is 7.59. The summed E-state index contributed by atoms with van der Waals surface area (Å²) >= 11 is 13.7. The van der Waals surface area contributed by atoms with Crippen LogP contribution in [0.2, 0.25) is 10.0 Å². The number of rotatable bonds is 6. The van der Waals surface area contributed by atoms with Crippen LogP contribution < -0.4 is 10.1 Å². The molecule has 0 spiro atoms. The van der Waals surface area contributed by atoms with Crippen LogP contribution in [0.1, 0.15) is 16.5 Å². The molecule has 25 heavy (non-hydrogen) atoms. The second-order valence-electron chi connectivity index (χ2n) is 5.27. The third-order valence-corrected chi connectivity index (χ3v) is 5.06. The van der Waals surface area contributed by atoms with E-state index >= 15 is 0 Å². The number of amides is 1. The van der Waals surface area contributed by atoms with E-state index in [1.54, 1.807) is 29.5 Å². The van der Waals surface area contributed by atoms with Gasteiger partial charge in [-0.15, -0.1) is 11.3 Å². The van der Waals surface area contributed by atoms with Gasteiger partial charge in [0, 0.05) is 4.88 Å². The maximum atomic E-state index is 12.4. The lowest BCUT2D eigenvalue weighted by molar-refractivity contribution is -0.123. The van der Waals surface area contributed by atoms with E-state index < -0.39 is 0 Å². The van der Waals surface area contributed by atoms with Crippen LogP contribution in [0.25, 0.3) is 0 Å². The molecule has 0 fully saturated rings. The van der Waals surface area contributed by atoms with Gasteiger partial charge in [0.2, 0.25) is 0 Å². The summed E-state index contributed by atoms with van der Waals surface area (Å²) in [5.74, 6) is 0.0617. The topological polar surface area (TPSA) is 38.3 Å². The fourth-order valence-electron chi connectivity index (χ4n) is 2.38. The van der Waals surface area contributed by atoms with Crippen LogP contribution in [0, 0.1) is 0 Å². The van der Waals surface area contributed by atoms with Crippen molar-refractivity contribution in [3.63, 3.8) is 0 Å². The number of hydrogen-bond acceptors (Lipinski definition) is 3. The van der Waals surface area contributed by atoms with Crippen molar-refractivity contribution >= 4 is 40.4 Å². The van der Waals surface area contributed by atoms with Gasteiger partial charge in [-0.25, -0.2) is 0 Å². The van der Waals surface area contributed by atoms with E-state index in [1.165, 1.54) is 0 Å². The average molecular weight is 392 g/mol. The fraction of sp³-hybridized carbons (Fsp3) is 0.105. The quantitative estimate of drug-likeness (QED) is 0.615. The SMILES string of the molecule is O=C(COc1c(Cl)cccc1Cl)N[C@H](c1ccccc1)c1cccs1. The van der Waals surface area contributed by atoms with Crippen LogP contribution in [-0.2, 0) is 4.79 Å². The Balaban J connectivity index is 1.71. The monoisotopic (exact) mass is 391 g/mol. The number of carbonyl (C=O) groups is 1. The van der Waals surface area contributed by atoms with Gasteiger partial charge in [0.1, 0.15) is 0 Å². The second-order valence-corrected chi connectivity index (χ2v) is 7.06. The van der Waals surface area contributed by atoms with Crippen molar-refractivity contribution in [1.82, 2.24) is 5.32 Å². The number of hydrogen-bond donors (Lipinski definition) is 1. The predicted molar refractivity (Wildman–Crippen MR) is 103 cm³/mol. The Morgan fingerprint density at radius 1 is 1.00 bits per heavy atom. The van der Waals surface area contributed by atoms with Crippen molar-refractivity contribution < 1.29 is 9.53 Å². The zero-order chi connectivity index (χ0) is 17.6. The number of benzene rings is 2. The van der Waals surface area contributed by atoms with E-state index in [2.05, 4.69) is 5.32 Å². The summed E-state index contributed by atoms with van der Waals surface area (Å²) in [6, 6.07) is 18.6. The lowest BCUT2D eigenvalue weighted by atomic mass is 10.1. The Kier molecular flexibility index (Phi) is 5.97. The van der Waals surface area contributed by atoms with Crippen molar-refractivity contribution in [3.8, 4) is 5.75 Å². The molecule has 0 aliphatic carbocycles. The molecule has 3 aromatic rings. The molecule has 0 saturated heterocycles. The highest BCUT2D eigenvalue weighted by molar-refractivity contribution is 7.10. The van der Waals surface area contributed by atoms with Gasteiger partial charge in [0.25, 0.3) is 5.91 Å². The molecule has 1 heterocycles. The molecule has 0 saturated carbocycles. The Morgan fingerprint density at radius 3 is 2.36 bits per heavy atom. The van der Waals surface area contributed by atoms with Crippen molar-refractivity contribution in [3.05, 3.63) is 86.5 Å². The fourth-order valence-corrected chi connectivity index (χ4v) is 3.69. The summed E-state index contributed by atoms with van der Waals surface area (Å²) in [6.07, 6.45) is 0. The highest BCUT2D eigenvalue weighted by Gasteiger charge is 2.18. The van der Waals surface area contributed by atoms with E-state index in [0.717, 1.165) is 10.4 Å². The van der Waals surface area contributed by atoms with Crippen LogP contribution >= 0.6 is 34.5 Å². The van der Waals surface area contributed by atoms with Gasteiger partial charge in [-0.1, -0.05) is 65.7 Å². The third-order valence-electron chi connectivity index (χ3n) is 3.53. The number of carbonyl (C=O) groups excluding carboxylic acids is 1. The summed E-state index contributed by atoms with van der Waals surface area (Å²) in [5.41, 5.74) is 1.01. The largest absolute Gasteiger partial charge is 0.481 e. The van der Waals surface area contributed by atoms with Crippen LogP contribution in [0.4, 0.5) is 0 Å². The average Bonchev–Trinajstić information content (AvgIpc) is 3.14. The highest BCUT2D eigenvalue weighted by Crippen LogP contribution is 2.32. The predicted octanol–water partition coefficient (Wildman–Crippen LogP) is 5.34. The van der Waals surface area contributed by atoms with Gasteiger partial charge in [-0.3, -0.25) is 4.79 Å². The summed E-state index contributed by atoms with van der Waals surface area (Å²) in [5, 5.41) is 5.74. The molecule has 1 N–H and O–H groups in total. The van der Waals surface area contributed by atoms with E-state index in [-0.39, 0.29) is 18.6 Å². The Bertz CT molecular complexity index is 818. The minimum atomic E-state index is -0.252. The first-order chi connectivity index (χ1) is 12.1. The molecular formula is C19H15Cl2NO2S. The maximum absolute atomic E-state index is 12.4. The normalized spacial score (nSPS) is 11.8. The molecule has 0 unspecified atom stereocenters. The summed E-state index contributed by atoms with van der Waals surface area (Å²) in [7, 11) is 0. The van der Waals surface area contributed by atoms with Crippen molar-refractivity contribution in [2.24, 2.45) is 0 Å². The van der Waals surface area contributed by atoms with E-state index in [9.17, 15) is 4.79 Å². The number of ether oxygens (including phenoxy) is 1. The molecule has 0 bridgehead atoms. The van der Waals surface area contributed by atoms with Gasteiger partial charge in [-0.2, -0.15) is 0 Å². The summed E-state index contributed by atoms with van der Waals surface area (Å²) in [4.78, 5) is 13.5. The van der Waals surface area contributed by atoms with Crippen LogP contribution in [0.3, 0.4) is 0 Å². The zero-order valence-electron chi connectivity index (χ0n) is 13.1. The first kappa shape index (κ1) is 17.8. The molecule has 1 amide bonds. The molecule has 1 atom stereocenters. The molecule has 0 aliphatic rings. The molecule has 128 valence electrons. The molecule has 1 aromatic heterocycles. The molecule has 3 rings (SSSR count). The van der Waals surface area contributed by atoms with Crippen molar-refractivity contribution in [2.45, 2.75) is 6.04 Å². The lowest BCUT2D eigenvalue weighted by Crippen LogP contribution is -2.33. The molecule has 6 heteroatoms. The van der Waals surface area contributed by atoms with Crippen LogP contribution in [-0.4, -0.2) is 12.5 Å². The van der Waals surface area contributed by atoms with Gasteiger partial charge in [0.15, 0.2) is 12.4 Å². The minimum Gasteiger partial charge on any atom is -0.481 e. The van der Waals surface area contributed by atoms with Crippen molar-refractivity contribution in [1.29, 1.82) is 0 Å². The Hall–Kier alpha value is -2.01. The Morgan fingerprint density at radius 2 is 1.72 bits per heavy atom. The van der Waals surface area contributed by atoms with Gasteiger partial charge in [-0.05, 0) is 29.1 Å². The van der Waals surface area contributed by atoms with E-state index in [4.69, 9.17) is 27.9 Å². The highest BCUT2D eigenvalue weighted by atomic mass is 35.5. The molecule has 0 aliphatic heterocycles. The van der Waals surface area contributed by atoms with Gasteiger partial charge >= 0.3 is 0 Å². The van der Waals surface area contributed by atoms with Gasteiger partial charge < -0.3 is 10.1 Å². The third kappa shape index (κ3) is 4.54. The summed E-state index contributed by atoms with van der Waals surface area (Å²) in [6.45, 7) is -0.168. The van der Waals surface area contributed by atoms with Gasteiger partial charge in [0.05, 0.1) is 16.1 Å². The van der Waals surface area contributed by atoms with Crippen LogP contribution in [0.15, 0.2) is 66.0 Å². The standard InChI is InChI=1S/C19H15Cl2NO2S/c20-14-8-4-9-15(21)19(14)24-12-17(23)22-18(16-10-5-11-25-16)13-6-2-1-3-7-13/h1-11,18H,12H2,(H,22,23)/t18-/m1/s1. The van der Waals surface area contributed by atoms with E-state index in [1.807, 2.05) is 47.8 Å². The molecule has 0 radical (unpaired) electrons. The van der Waals surface area contributed by atoms with E-state index in [0.29, 0.717) is 15.8 Å². The molecular weight excluding hydrogens is 377 g/mol. The van der Waals surface area contributed by atoms with Crippen molar-refractivity contribution in [2.75, 3.05) is 6.61 Å². The minimum absolute atomic E-state index is 0.168. The number of thiophene rings is 1. The molecule has 3 nitrogen and oxygen atoms in total. The summed E-state index contributed by atoms with van der Waals surface area (Å²) < 4.78 is 5.51.